The number of carbonyl (C=O) groups is 1. The summed E-state index contributed by atoms with van der Waals surface area (Å²) in [6, 6.07) is 12.2. The molecule has 4 rings (SSSR count). The van der Waals surface area contributed by atoms with Gasteiger partial charge in [-0.15, -0.1) is 0 Å². The molecule has 1 amide bonds. The van der Waals surface area contributed by atoms with Gasteiger partial charge in [-0.25, -0.2) is 19.0 Å². The third-order valence-corrected chi connectivity index (χ3v) is 4.31. The second kappa shape index (κ2) is 7.83. The lowest BCUT2D eigenvalue weighted by Crippen LogP contribution is -2.24. The van der Waals surface area contributed by atoms with Crippen molar-refractivity contribution in [1.82, 2.24) is 29.6 Å². The predicted octanol–water partition coefficient (Wildman–Crippen LogP) is 2.58. The van der Waals surface area contributed by atoms with Gasteiger partial charge in [-0.2, -0.15) is 5.10 Å². The van der Waals surface area contributed by atoms with E-state index in [0.717, 1.165) is 5.56 Å². The molecule has 0 atom stereocenters. The molecule has 7 nitrogen and oxygen atoms in total. The van der Waals surface area contributed by atoms with Crippen LogP contribution in [0, 0.1) is 5.82 Å². The van der Waals surface area contributed by atoms with Crippen molar-refractivity contribution in [3.8, 4) is 5.69 Å². The highest BCUT2D eigenvalue weighted by Crippen LogP contribution is 2.15. The molecular formula is C20H17FN6O. The summed E-state index contributed by atoms with van der Waals surface area (Å²) in [5.74, 6) is -0.605. The molecule has 0 unspecified atom stereocenters. The van der Waals surface area contributed by atoms with Gasteiger partial charge < -0.3 is 9.88 Å². The van der Waals surface area contributed by atoms with E-state index in [1.165, 1.54) is 18.7 Å². The highest BCUT2D eigenvalue weighted by molar-refractivity contribution is 5.95. The lowest BCUT2D eigenvalue weighted by molar-refractivity contribution is 0.0949. The van der Waals surface area contributed by atoms with Gasteiger partial charge in [-0.3, -0.25) is 4.79 Å². The van der Waals surface area contributed by atoms with Crippen LogP contribution in [-0.2, 0) is 13.1 Å². The average molecular weight is 376 g/mol. The van der Waals surface area contributed by atoms with Crippen LogP contribution in [0.3, 0.4) is 0 Å². The molecule has 0 fully saturated rings. The van der Waals surface area contributed by atoms with Gasteiger partial charge in [0.25, 0.3) is 5.91 Å². The molecule has 2 aromatic carbocycles. The van der Waals surface area contributed by atoms with Crippen LogP contribution in [0.2, 0.25) is 0 Å². The molecule has 0 aliphatic carbocycles. The zero-order valence-electron chi connectivity index (χ0n) is 14.9. The van der Waals surface area contributed by atoms with E-state index in [9.17, 15) is 9.18 Å². The summed E-state index contributed by atoms with van der Waals surface area (Å²) in [5.41, 5.74) is 2.45. The second-order valence-corrected chi connectivity index (χ2v) is 6.19. The zero-order chi connectivity index (χ0) is 19.3. The lowest BCUT2D eigenvalue weighted by Gasteiger charge is -2.11. The summed E-state index contributed by atoms with van der Waals surface area (Å²) in [6.45, 7) is 0.662. The largest absolute Gasteiger partial charge is 0.348 e. The lowest BCUT2D eigenvalue weighted by atomic mass is 10.1. The Hall–Kier alpha value is -3.81. The van der Waals surface area contributed by atoms with E-state index in [1.54, 1.807) is 52.2 Å². The van der Waals surface area contributed by atoms with Crippen molar-refractivity contribution < 1.29 is 9.18 Å². The molecule has 1 N–H and O–H groups in total. The van der Waals surface area contributed by atoms with Gasteiger partial charge in [0.15, 0.2) is 0 Å². The molecule has 0 bridgehead atoms. The molecule has 0 saturated carbocycles. The van der Waals surface area contributed by atoms with Crippen LogP contribution in [0.1, 0.15) is 21.5 Å². The first kappa shape index (κ1) is 17.6. The van der Waals surface area contributed by atoms with E-state index in [-0.39, 0.29) is 18.3 Å². The number of hydrogen-bond donors (Lipinski definition) is 1. The maximum absolute atomic E-state index is 14.4. The van der Waals surface area contributed by atoms with Crippen molar-refractivity contribution in [3.63, 3.8) is 0 Å². The number of halogens is 1. The predicted molar refractivity (Wildman–Crippen MR) is 100 cm³/mol. The van der Waals surface area contributed by atoms with E-state index in [0.29, 0.717) is 23.4 Å². The number of carbonyl (C=O) groups excluding carboxylic acids is 1. The minimum atomic E-state index is -0.378. The topological polar surface area (TPSA) is 77.6 Å². The first-order chi connectivity index (χ1) is 13.7. The number of aromatic nitrogens is 5. The van der Waals surface area contributed by atoms with Crippen LogP contribution in [0.25, 0.3) is 5.69 Å². The molecule has 0 spiro atoms. The summed E-state index contributed by atoms with van der Waals surface area (Å²) in [5, 5.41) is 6.92. The van der Waals surface area contributed by atoms with Gasteiger partial charge in [0.2, 0.25) is 0 Å². The van der Waals surface area contributed by atoms with Gasteiger partial charge in [0, 0.05) is 24.5 Å². The van der Waals surface area contributed by atoms with Crippen LogP contribution in [0.15, 0.2) is 73.8 Å². The first-order valence-corrected chi connectivity index (χ1v) is 8.66. The molecule has 0 saturated heterocycles. The molecule has 0 radical (unpaired) electrons. The molecule has 4 aromatic rings. The highest BCUT2D eigenvalue weighted by Gasteiger charge is 2.12. The van der Waals surface area contributed by atoms with Gasteiger partial charge in [0.05, 0.1) is 18.6 Å². The summed E-state index contributed by atoms with van der Waals surface area (Å²) < 4.78 is 17.6. The zero-order valence-corrected chi connectivity index (χ0v) is 14.9. The number of imidazole rings is 1. The van der Waals surface area contributed by atoms with E-state index < -0.39 is 0 Å². The summed E-state index contributed by atoms with van der Waals surface area (Å²) in [6.07, 6.45) is 7.84. The van der Waals surface area contributed by atoms with Crippen LogP contribution in [-0.4, -0.2) is 30.2 Å². The fraction of sp³-hybridized carbons (Fsp3) is 0.100. The van der Waals surface area contributed by atoms with Gasteiger partial charge in [0.1, 0.15) is 18.5 Å². The highest BCUT2D eigenvalue weighted by atomic mass is 19.1. The smallest absolute Gasteiger partial charge is 0.251 e. The molecule has 0 aliphatic heterocycles. The molecule has 28 heavy (non-hydrogen) atoms. The van der Waals surface area contributed by atoms with Crippen LogP contribution in [0.5, 0.6) is 0 Å². The van der Waals surface area contributed by atoms with Crippen molar-refractivity contribution in [2.75, 3.05) is 0 Å². The molecule has 8 heteroatoms. The van der Waals surface area contributed by atoms with E-state index in [4.69, 9.17) is 0 Å². The normalized spacial score (nSPS) is 10.8. The van der Waals surface area contributed by atoms with Crippen LogP contribution < -0.4 is 5.32 Å². The molecular weight excluding hydrogens is 359 g/mol. The summed E-state index contributed by atoms with van der Waals surface area (Å²) >= 11 is 0. The third kappa shape index (κ3) is 3.80. The summed E-state index contributed by atoms with van der Waals surface area (Å²) in [7, 11) is 0. The monoisotopic (exact) mass is 376 g/mol. The fourth-order valence-corrected chi connectivity index (χ4v) is 2.92. The van der Waals surface area contributed by atoms with Crippen LogP contribution in [0.4, 0.5) is 4.39 Å². The van der Waals surface area contributed by atoms with Crippen LogP contribution >= 0.6 is 0 Å². The quantitative estimate of drug-likeness (QED) is 0.561. The fourth-order valence-electron chi connectivity index (χ4n) is 2.92. The Morgan fingerprint density at radius 3 is 2.75 bits per heavy atom. The maximum atomic E-state index is 14.4. The third-order valence-electron chi connectivity index (χ3n) is 4.31. The number of hydrogen-bond acceptors (Lipinski definition) is 4. The SMILES string of the molecule is O=C(NCc1ccc(-n2ccnc2)c(F)c1)c1ccccc1Cn1cncn1. The number of nitrogens with zero attached hydrogens (tertiary/aromatic N) is 5. The Balaban J connectivity index is 1.46. The number of benzene rings is 2. The van der Waals surface area contributed by atoms with E-state index in [1.807, 2.05) is 12.1 Å². The average Bonchev–Trinajstić information content (AvgIpc) is 3.41. The second-order valence-electron chi connectivity index (χ2n) is 6.19. The van der Waals surface area contributed by atoms with E-state index >= 15 is 0 Å². The Bertz CT molecular complexity index is 1080. The van der Waals surface area contributed by atoms with Crippen molar-refractivity contribution in [2.24, 2.45) is 0 Å². The Morgan fingerprint density at radius 1 is 1.11 bits per heavy atom. The Labute approximate surface area is 160 Å². The van der Waals surface area contributed by atoms with Gasteiger partial charge >= 0.3 is 0 Å². The molecule has 2 aromatic heterocycles. The maximum Gasteiger partial charge on any atom is 0.251 e. The summed E-state index contributed by atoms with van der Waals surface area (Å²) in [4.78, 5) is 20.5. The molecule has 140 valence electrons. The van der Waals surface area contributed by atoms with Gasteiger partial charge in [-0.1, -0.05) is 24.3 Å². The first-order valence-electron chi connectivity index (χ1n) is 8.66. The number of amides is 1. The standard InChI is InChI=1S/C20H17FN6O/c21-18-9-15(5-6-19(18)26-8-7-22-13-26)10-24-20(28)17-4-2-1-3-16(17)11-27-14-23-12-25-27/h1-9,12-14H,10-11H2,(H,24,28). The minimum absolute atomic E-state index is 0.220. The minimum Gasteiger partial charge on any atom is -0.348 e. The van der Waals surface area contributed by atoms with Crippen molar-refractivity contribution in [2.45, 2.75) is 13.1 Å². The van der Waals surface area contributed by atoms with Crippen molar-refractivity contribution in [3.05, 3.63) is 96.3 Å². The van der Waals surface area contributed by atoms with Gasteiger partial charge in [-0.05, 0) is 29.3 Å². The molecule has 2 heterocycles. The Kier molecular flexibility index (Phi) is 4.92. The van der Waals surface area contributed by atoms with Crippen molar-refractivity contribution in [1.29, 1.82) is 0 Å². The van der Waals surface area contributed by atoms with Crippen molar-refractivity contribution >= 4 is 5.91 Å². The molecule has 0 aliphatic rings. The van der Waals surface area contributed by atoms with E-state index in [2.05, 4.69) is 20.4 Å². The number of nitrogens with one attached hydrogen (secondary N) is 1. The number of rotatable bonds is 6. The Morgan fingerprint density at radius 2 is 2.00 bits per heavy atom.